The highest BCUT2D eigenvalue weighted by atomic mass is 32.2. The summed E-state index contributed by atoms with van der Waals surface area (Å²) < 4.78 is 24.7. The van der Waals surface area contributed by atoms with E-state index in [0.717, 1.165) is 45.1 Å². The van der Waals surface area contributed by atoms with Gasteiger partial charge in [0, 0.05) is 71.1 Å². The summed E-state index contributed by atoms with van der Waals surface area (Å²) in [6.45, 7) is 7.13. The number of rotatable bonds is 5. The number of likely N-dealkylation sites (tertiary alicyclic amines) is 1. The van der Waals surface area contributed by atoms with E-state index in [2.05, 4.69) is 25.8 Å². The SMILES string of the molecule is CS(=O)(=O)N1CCC(O)(CN2CC(N3CCN(c4ccccn4)CC3)C2)C1. The second kappa shape index (κ2) is 7.29. The van der Waals surface area contributed by atoms with Gasteiger partial charge in [0.2, 0.25) is 10.0 Å². The third-order valence-corrected chi connectivity index (χ3v) is 7.28. The van der Waals surface area contributed by atoms with Gasteiger partial charge < -0.3 is 10.0 Å². The molecule has 0 aliphatic carbocycles. The maximum Gasteiger partial charge on any atom is 0.211 e. The van der Waals surface area contributed by atoms with Crippen molar-refractivity contribution in [1.29, 1.82) is 0 Å². The summed E-state index contributed by atoms with van der Waals surface area (Å²) in [6.07, 6.45) is 3.57. The van der Waals surface area contributed by atoms with E-state index in [-0.39, 0.29) is 6.54 Å². The van der Waals surface area contributed by atoms with Gasteiger partial charge in [-0.15, -0.1) is 0 Å². The number of hydrogen-bond donors (Lipinski definition) is 1. The topological polar surface area (TPSA) is 80.2 Å². The number of sulfonamides is 1. The van der Waals surface area contributed by atoms with E-state index >= 15 is 0 Å². The molecule has 0 spiro atoms. The summed E-state index contributed by atoms with van der Waals surface area (Å²) in [6, 6.07) is 6.56. The van der Waals surface area contributed by atoms with E-state index in [1.54, 1.807) is 0 Å². The fourth-order valence-electron chi connectivity index (χ4n) is 4.41. The van der Waals surface area contributed by atoms with Crippen LogP contribution in [0, 0.1) is 0 Å². The molecule has 27 heavy (non-hydrogen) atoms. The first-order chi connectivity index (χ1) is 12.8. The second-order valence-corrected chi connectivity index (χ2v) is 10.1. The molecule has 4 heterocycles. The highest BCUT2D eigenvalue weighted by molar-refractivity contribution is 7.88. The molecule has 3 aliphatic rings. The summed E-state index contributed by atoms with van der Waals surface area (Å²) in [5, 5.41) is 10.7. The van der Waals surface area contributed by atoms with Gasteiger partial charge in [0.1, 0.15) is 5.82 Å². The third-order valence-electron chi connectivity index (χ3n) is 6.03. The number of aliphatic hydroxyl groups is 1. The highest BCUT2D eigenvalue weighted by Gasteiger charge is 2.44. The number of piperazine rings is 1. The monoisotopic (exact) mass is 395 g/mol. The maximum atomic E-state index is 11.7. The Morgan fingerprint density at radius 2 is 1.93 bits per heavy atom. The Bertz CT molecular complexity index is 748. The average molecular weight is 396 g/mol. The normalized spacial score (nSPS) is 29.2. The quantitative estimate of drug-likeness (QED) is 0.705. The van der Waals surface area contributed by atoms with Crippen molar-refractivity contribution in [3.05, 3.63) is 24.4 Å². The lowest BCUT2D eigenvalue weighted by Gasteiger charge is -2.49. The van der Waals surface area contributed by atoms with Crippen molar-refractivity contribution in [2.24, 2.45) is 0 Å². The summed E-state index contributed by atoms with van der Waals surface area (Å²) in [5.74, 6) is 1.05. The predicted molar refractivity (Wildman–Crippen MR) is 104 cm³/mol. The Kier molecular flexibility index (Phi) is 5.15. The molecule has 4 rings (SSSR count). The van der Waals surface area contributed by atoms with Gasteiger partial charge in [0.25, 0.3) is 0 Å². The maximum absolute atomic E-state index is 11.7. The second-order valence-electron chi connectivity index (χ2n) is 8.13. The largest absolute Gasteiger partial charge is 0.387 e. The fraction of sp³-hybridized carbons (Fsp3) is 0.722. The van der Waals surface area contributed by atoms with Crippen molar-refractivity contribution in [3.8, 4) is 0 Å². The summed E-state index contributed by atoms with van der Waals surface area (Å²) in [5.41, 5.74) is -0.911. The molecule has 3 fully saturated rings. The number of nitrogens with zero attached hydrogens (tertiary/aromatic N) is 5. The van der Waals surface area contributed by atoms with Crippen LogP contribution in [0.4, 0.5) is 5.82 Å². The predicted octanol–water partition coefficient (Wildman–Crippen LogP) is -0.716. The average Bonchev–Trinajstić information content (AvgIpc) is 3.02. The molecule has 1 aromatic heterocycles. The zero-order valence-electron chi connectivity index (χ0n) is 15.9. The zero-order chi connectivity index (χ0) is 19.1. The number of hydrogen-bond acceptors (Lipinski definition) is 7. The van der Waals surface area contributed by atoms with Gasteiger partial charge in [-0.25, -0.2) is 13.4 Å². The van der Waals surface area contributed by atoms with Crippen LogP contribution in [0.1, 0.15) is 6.42 Å². The number of aromatic nitrogens is 1. The van der Waals surface area contributed by atoms with Crippen LogP contribution in [-0.2, 0) is 10.0 Å². The minimum atomic E-state index is -3.22. The molecule has 3 aliphatic heterocycles. The van der Waals surface area contributed by atoms with Crippen molar-refractivity contribution in [3.63, 3.8) is 0 Å². The van der Waals surface area contributed by atoms with Gasteiger partial charge in [-0.05, 0) is 18.6 Å². The van der Waals surface area contributed by atoms with E-state index in [4.69, 9.17) is 0 Å². The molecule has 0 radical (unpaired) electrons. The molecule has 1 unspecified atom stereocenters. The van der Waals surface area contributed by atoms with E-state index in [0.29, 0.717) is 25.6 Å². The van der Waals surface area contributed by atoms with Gasteiger partial charge in [-0.3, -0.25) is 9.80 Å². The Hall–Kier alpha value is -1.26. The molecule has 0 saturated carbocycles. The lowest BCUT2D eigenvalue weighted by molar-refractivity contribution is -0.0384. The van der Waals surface area contributed by atoms with Crippen molar-refractivity contribution in [2.75, 3.05) is 70.1 Å². The molecular weight excluding hydrogens is 366 g/mol. The van der Waals surface area contributed by atoms with Crippen LogP contribution >= 0.6 is 0 Å². The Balaban J connectivity index is 1.22. The molecule has 0 bridgehead atoms. The van der Waals surface area contributed by atoms with Crippen LogP contribution in [0.5, 0.6) is 0 Å². The Morgan fingerprint density at radius 3 is 2.52 bits per heavy atom. The number of β-amino-alcohol motifs (C(OH)–C–C–N with tert-alkyl or cyclic N) is 1. The first kappa shape index (κ1) is 19.1. The molecule has 1 aromatic rings. The van der Waals surface area contributed by atoms with E-state index in [9.17, 15) is 13.5 Å². The molecule has 3 saturated heterocycles. The van der Waals surface area contributed by atoms with Crippen LogP contribution in [0.3, 0.4) is 0 Å². The molecule has 0 amide bonds. The number of pyridine rings is 1. The standard InChI is InChI=1S/C18H29N5O3S/c1-27(25,26)23-7-5-18(24,15-23)14-20-12-16(13-20)21-8-10-22(11-9-21)17-4-2-3-6-19-17/h2-4,6,16,24H,5,7-15H2,1H3. The first-order valence-corrected chi connectivity index (χ1v) is 11.5. The van der Waals surface area contributed by atoms with Gasteiger partial charge in [0.15, 0.2) is 0 Å². The first-order valence-electron chi connectivity index (χ1n) is 9.62. The minimum Gasteiger partial charge on any atom is -0.387 e. The summed E-state index contributed by atoms with van der Waals surface area (Å²) >= 11 is 0. The van der Waals surface area contributed by atoms with Gasteiger partial charge in [0.05, 0.1) is 11.9 Å². The zero-order valence-corrected chi connectivity index (χ0v) is 16.7. The van der Waals surface area contributed by atoms with Crippen LogP contribution in [0.25, 0.3) is 0 Å². The summed E-state index contributed by atoms with van der Waals surface area (Å²) in [4.78, 5) is 11.5. The third kappa shape index (κ3) is 4.27. The van der Waals surface area contributed by atoms with Gasteiger partial charge in [-0.2, -0.15) is 4.31 Å². The minimum absolute atomic E-state index is 0.218. The van der Waals surface area contributed by atoms with Crippen molar-refractivity contribution in [2.45, 2.75) is 18.1 Å². The lowest BCUT2D eigenvalue weighted by atomic mass is 9.98. The fourth-order valence-corrected chi connectivity index (χ4v) is 5.30. The van der Waals surface area contributed by atoms with Crippen LogP contribution in [-0.4, -0.2) is 109 Å². The van der Waals surface area contributed by atoms with E-state index < -0.39 is 15.6 Å². The molecule has 8 nitrogen and oxygen atoms in total. The Morgan fingerprint density at radius 1 is 1.19 bits per heavy atom. The molecule has 1 N–H and O–H groups in total. The van der Waals surface area contributed by atoms with E-state index in [1.165, 1.54) is 10.6 Å². The molecule has 1 atom stereocenters. The van der Waals surface area contributed by atoms with Crippen LogP contribution < -0.4 is 4.90 Å². The van der Waals surface area contributed by atoms with Crippen molar-refractivity contribution >= 4 is 15.8 Å². The van der Waals surface area contributed by atoms with Crippen molar-refractivity contribution in [1.82, 2.24) is 19.1 Å². The van der Waals surface area contributed by atoms with Crippen molar-refractivity contribution < 1.29 is 13.5 Å². The Labute approximate surface area is 161 Å². The van der Waals surface area contributed by atoms with Crippen LogP contribution in [0.15, 0.2) is 24.4 Å². The highest BCUT2D eigenvalue weighted by Crippen LogP contribution is 2.27. The van der Waals surface area contributed by atoms with Crippen LogP contribution in [0.2, 0.25) is 0 Å². The lowest BCUT2D eigenvalue weighted by Crippen LogP contribution is -2.65. The summed E-state index contributed by atoms with van der Waals surface area (Å²) in [7, 11) is -3.22. The molecular formula is C18H29N5O3S. The van der Waals surface area contributed by atoms with Gasteiger partial charge in [-0.1, -0.05) is 6.07 Å². The molecule has 9 heteroatoms. The van der Waals surface area contributed by atoms with E-state index in [1.807, 2.05) is 18.3 Å². The van der Waals surface area contributed by atoms with Gasteiger partial charge >= 0.3 is 0 Å². The number of anilines is 1. The molecule has 0 aromatic carbocycles. The molecule has 150 valence electrons. The smallest absolute Gasteiger partial charge is 0.211 e.